The lowest BCUT2D eigenvalue weighted by Gasteiger charge is -2.51. The number of benzene rings is 1. The molecule has 3 aliphatic rings. The highest BCUT2D eigenvalue weighted by molar-refractivity contribution is 5.69. The van der Waals surface area contributed by atoms with Gasteiger partial charge in [-0.1, -0.05) is 35.5 Å². The van der Waals surface area contributed by atoms with Crippen LogP contribution < -0.4 is 5.32 Å². The molecule has 29 heavy (non-hydrogen) atoms. The van der Waals surface area contributed by atoms with E-state index in [0.29, 0.717) is 12.4 Å². The molecule has 2 bridgehead atoms. The Kier molecular flexibility index (Phi) is 5.48. The number of hydrogen-bond donors (Lipinski definition) is 2. The van der Waals surface area contributed by atoms with Gasteiger partial charge in [-0.25, -0.2) is 4.79 Å². The van der Waals surface area contributed by atoms with E-state index in [9.17, 15) is 9.59 Å². The lowest BCUT2D eigenvalue weighted by Crippen LogP contribution is -2.65. The maximum atomic E-state index is 12.6. The zero-order valence-electron chi connectivity index (χ0n) is 16.0. The smallest absolute Gasteiger partial charge is 0.408 e. The van der Waals surface area contributed by atoms with Crippen LogP contribution in [0.2, 0.25) is 0 Å². The number of nitrogens with one attached hydrogen (secondary N) is 1. The molecule has 154 valence electrons. The van der Waals surface area contributed by atoms with Crippen molar-refractivity contribution in [2.24, 2.45) is 5.92 Å². The van der Waals surface area contributed by atoms with Gasteiger partial charge in [0.15, 0.2) is 5.82 Å². The van der Waals surface area contributed by atoms with E-state index < -0.39 is 17.6 Å². The number of aromatic nitrogens is 2. The average Bonchev–Trinajstić information content (AvgIpc) is 3.22. The number of rotatable bonds is 7. The van der Waals surface area contributed by atoms with Crippen LogP contribution in [0.4, 0.5) is 4.79 Å². The van der Waals surface area contributed by atoms with Crippen molar-refractivity contribution in [3.05, 3.63) is 47.6 Å². The number of carbonyl (C=O) groups excluding carboxylic acids is 1. The third kappa shape index (κ3) is 4.24. The lowest BCUT2D eigenvalue weighted by molar-refractivity contribution is -0.137. The van der Waals surface area contributed by atoms with Crippen molar-refractivity contribution in [1.82, 2.24) is 20.4 Å². The van der Waals surface area contributed by atoms with Gasteiger partial charge in [0.2, 0.25) is 5.89 Å². The van der Waals surface area contributed by atoms with E-state index in [1.807, 2.05) is 30.3 Å². The van der Waals surface area contributed by atoms with Crippen LogP contribution in [-0.2, 0) is 28.1 Å². The molecule has 3 aliphatic heterocycles. The van der Waals surface area contributed by atoms with E-state index >= 15 is 0 Å². The summed E-state index contributed by atoms with van der Waals surface area (Å²) in [6.45, 7) is 2.69. The summed E-state index contributed by atoms with van der Waals surface area (Å²) in [5, 5.41) is 16.0. The number of carboxylic acids is 1. The summed E-state index contributed by atoms with van der Waals surface area (Å²) in [7, 11) is 0. The quantitative estimate of drug-likeness (QED) is 0.724. The van der Waals surface area contributed by atoms with Crippen molar-refractivity contribution in [1.29, 1.82) is 0 Å². The molecule has 1 atom stereocenters. The molecule has 1 unspecified atom stereocenters. The second-order valence-electron chi connectivity index (χ2n) is 7.61. The number of fused-ring (bicyclic) bond motifs is 3. The number of amides is 1. The predicted octanol–water partition coefficient (Wildman–Crippen LogP) is 1.93. The van der Waals surface area contributed by atoms with Crippen LogP contribution in [0.15, 0.2) is 34.9 Å². The minimum atomic E-state index is -0.926. The first-order chi connectivity index (χ1) is 14.0. The minimum Gasteiger partial charge on any atom is -0.481 e. The maximum absolute atomic E-state index is 12.6. The molecule has 3 saturated heterocycles. The van der Waals surface area contributed by atoms with Crippen LogP contribution in [-0.4, -0.2) is 51.8 Å². The fraction of sp³-hybridized carbons (Fsp3) is 0.500. The van der Waals surface area contributed by atoms with Crippen molar-refractivity contribution in [2.45, 2.75) is 37.8 Å². The Morgan fingerprint density at radius 1 is 1.28 bits per heavy atom. The van der Waals surface area contributed by atoms with E-state index in [1.165, 1.54) is 0 Å². The fourth-order valence-corrected chi connectivity index (χ4v) is 4.21. The maximum Gasteiger partial charge on any atom is 0.408 e. The molecule has 9 heteroatoms. The van der Waals surface area contributed by atoms with Gasteiger partial charge in [-0.05, 0) is 37.4 Å². The van der Waals surface area contributed by atoms with E-state index in [4.69, 9.17) is 14.4 Å². The molecule has 0 aliphatic carbocycles. The summed E-state index contributed by atoms with van der Waals surface area (Å²) in [6.07, 6.45) is 1.37. The molecule has 1 aromatic heterocycles. The van der Waals surface area contributed by atoms with Gasteiger partial charge in [0, 0.05) is 13.0 Å². The van der Waals surface area contributed by atoms with Crippen LogP contribution in [0.3, 0.4) is 0 Å². The van der Waals surface area contributed by atoms with Crippen molar-refractivity contribution < 1.29 is 24.0 Å². The van der Waals surface area contributed by atoms with Crippen molar-refractivity contribution >= 4 is 12.1 Å². The largest absolute Gasteiger partial charge is 0.481 e. The number of nitrogens with zero attached hydrogens (tertiary/aromatic N) is 3. The Hall–Kier alpha value is -2.94. The first-order valence-corrected chi connectivity index (χ1v) is 9.81. The zero-order valence-corrected chi connectivity index (χ0v) is 16.0. The van der Waals surface area contributed by atoms with Crippen LogP contribution in [0.25, 0.3) is 0 Å². The standard InChI is InChI=1S/C20H24N4O5/c25-17(26)7-6-16-21-18(23-29-16)20(13-24-10-8-15(20)9-11-24)22-19(27)28-12-14-4-2-1-3-5-14/h1-5,15H,6-13H2,(H,22,27)(H,25,26). The number of aliphatic carboxylic acids is 1. The third-order valence-corrected chi connectivity index (χ3v) is 5.72. The van der Waals surface area contributed by atoms with Crippen LogP contribution in [0.5, 0.6) is 0 Å². The summed E-state index contributed by atoms with van der Waals surface area (Å²) in [4.78, 5) is 30.2. The van der Waals surface area contributed by atoms with Crippen LogP contribution in [0.1, 0.15) is 36.5 Å². The van der Waals surface area contributed by atoms with Gasteiger partial charge in [-0.2, -0.15) is 4.98 Å². The molecular weight excluding hydrogens is 376 g/mol. The van der Waals surface area contributed by atoms with E-state index in [0.717, 1.165) is 31.5 Å². The molecule has 0 saturated carbocycles. The Morgan fingerprint density at radius 3 is 2.69 bits per heavy atom. The lowest BCUT2D eigenvalue weighted by atomic mass is 9.72. The summed E-state index contributed by atoms with van der Waals surface area (Å²) in [5.41, 5.74) is 0.107. The third-order valence-electron chi connectivity index (χ3n) is 5.72. The number of hydrogen-bond acceptors (Lipinski definition) is 7. The summed E-state index contributed by atoms with van der Waals surface area (Å²) in [5.74, 6) is -0.103. The number of alkyl carbamates (subject to hydrolysis) is 1. The van der Waals surface area contributed by atoms with Gasteiger partial charge in [0.05, 0.1) is 6.42 Å². The van der Waals surface area contributed by atoms with Crippen molar-refractivity contribution in [3.63, 3.8) is 0 Å². The number of ether oxygens (including phenoxy) is 1. The second-order valence-corrected chi connectivity index (χ2v) is 7.61. The average molecular weight is 400 g/mol. The van der Waals surface area contributed by atoms with E-state index in [2.05, 4.69) is 20.4 Å². The Morgan fingerprint density at radius 2 is 2.03 bits per heavy atom. The Labute approximate surface area is 168 Å². The molecule has 1 aromatic carbocycles. The van der Waals surface area contributed by atoms with E-state index in [-0.39, 0.29) is 31.3 Å². The fourth-order valence-electron chi connectivity index (χ4n) is 4.21. The van der Waals surface area contributed by atoms with Gasteiger partial charge in [0.25, 0.3) is 0 Å². The highest BCUT2D eigenvalue weighted by Gasteiger charge is 2.52. The monoisotopic (exact) mass is 400 g/mol. The van der Waals surface area contributed by atoms with Crippen molar-refractivity contribution in [2.75, 3.05) is 19.6 Å². The molecular formula is C20H24N4O5. The molecule has 5 rings (SSSR count). The Bertz CT molecular complexity index is 863. The second kappa shape index (κ2) is 8.20. The molecule has 2 N–H and O–H groups in total. The number of piperidine rings is 3. The van der Waals surface area contributed by atoms with Gasteiger partial charge in [0.1, 0.15) is 12.1 Å². The first-order valence-electron chi connectivity index (χ1n) is 9.81. The van der Waals surface area contributed by atoms with Gasteiger partial charge in [-0.3, -0.25) is 4.79 Å². The molecule has 0 spiro atoms. The minimum absolute atomic E-state index is 0.0866. The van der Waals surface area contributed by atoms with Crippen LogP contribution >= 0.6 is 0 Å². The number of carboxylic acid groups (broad SMARTS) is 1. The summed E-state index contributed by atoms with van der Waals surface area (Å²) in [6, 6.07) is 9.48. The zero-order chi connectivity index (χ0) is 20.3. The Balaban J connectivity index is 1.51. The first kappa shape index (κ1) is 19.4. The summed E-state index contributed by atoms with van der Waals surface area (Å²) >= 11 is 0. The van der Waals surface area contributed by atoms with Crippen LogP contribution in [0, 0.1) is 5.92 Å². The SMILES string of the molecule is O=C(O)CCc1nc(C2(NC(=O)OCc3ccccc3)CN3CCC2CC3)no1. The number of aryl methyl sites for hydroxylation is 1. The molecule has 9 nitrogen and oxygen atoms in total. The number of carbonyl (C=O) groups is 2. The van der Waals surface area contributed by atoms with Gasteiger partial charge in [-0.15, -0.1) is 0 Å². The topological polar surface area (TPSA) is 118 Å². The van der Waals surface area contributed by atoms with E-state index in [1.54, 1.807) is 0 Å². The molecule has 0 radical (unpaired) electrons. The van der Waals surface area contributed by atoms with Gasteiger partial charge >= 0.3 is 12.1 Å². The predicted molar refractivity (Wildman–Crippen MR) is 101 cm³/mol. The molecule has 4 heterocycles. The highest BCUT2D eigenvalue weighted by Crippen LogP contribution is 2.41. The highest BCUT2D eigenvalue weighted by atomic mass is 16.5. The molecule has 2 aromatic rings. The molecule has 3 fully saturated rings. The molecule has 1 amide bonds. The summed E-state index contributed by atoms with van der Waals surface area (Å²) < 4.78 is 10.7. The van der Waals surface area contributed by atoms with Gasteiger partial charge < -0.3 is 24.6 Å². The van der Waals surface area contributed by atoms with Crippen molar-refractivity contribution in [3.8, 4) is 0 Å². The normalized spacial score (nSPS) is 25.5.